The van der Waals surface area contributed by atoms with E-state index in [0.717, 1.165) is 21.7 Å². The Morgan fingerprint density at radius 3 is 3.00 bits per heavy atom. The Morgan fingerprint density at radius 2 is 2.20 bits per heavy atom. The standard InChI is InChI=1S/C11H9N3S/c12-9-3-1-2-8-4-6-14(10(8)9)11-13-5-7-15-11/h1-7H,12H2. The quantitative estimate of drug-likeness (QED) is 0.634. The van der Waals surface area contributed by atoms with Gasteiger partial charge in [-0.2, -0.15) is 0 Å². The highest BCUT2D eigenvalue weighted by atomic mass is 32.1. The number of rotatable bonds is 1. The monoisotopic (exact) mass is 215 g/mol. The molecule has 2 heterocycles. The summed E-state index contributed by atoms with van der Waals surface area (Å²) in [5, 5.41) is 4.05. The lowest BCUT2D eigenvalue weighted by Crippen LogP contribution is -1.94. The van der Waals surface area contributed by atoms with Gasteiger partial charge in [-0.1, -0.05) is 12.1 Å². The molecule has 0 bridgehead atoms. The molecule has 15 heavy (non-hydrogen) atoms. The van der Waals surface area contributed by atoms with Crippen LogP contribution in [-0.2, 0) is 0 Å². The Labute approximate surface area is 90.8 Å². The van der Waals surface area contributed by atoms with Crippen molar-refractivity contribution >= 4 is 27.9 Å². The molecule has 2 N–H and O–H groups in total. The van der Waals surface area contributed by atoms with Crippen molar-refractivity contribution in [1.82, 2.24) is 9.55 Å². The number of hydrogen-bond donors (Lipinski definition) is 1. The maximum Gasteiger partial charge on any atom is 0.194 e. The average Bonchev–Trinajstić information content (AvgIpc) is 2.85. The van der Waals surface area contributed by atoms with Gasteiger partial charge in [0.2, 0.25) is 0 Å². The van der Waals surface area contributed by atoms with Gasteiger partial charge in [0, 0.05) is 23.2 Å². The van der Waals surface area contributed by atoms with Crippen LogP contribution < -0.4 is 5.73 Å². The predicted octanol–water partition coefficient (Wildman–Crippen LogP) is 2.67. The zero-order chi connectivity index (χ0) is 10.3. The summed E-state index contributed by atoms with van der Waals surface area (Å²) in [5.74, 6) is 0. The Balaban J connectivity index is 2.37. The molecule has 0 aliphatic carbocycles. The van der Waals surface area contributed by atoms with E-state index in [1.165, 1.54) is 0 Å². The molecule has 0 spiro atoms. The van der Waals surface area contributed by atoms with E-state index in [2.05, 4.69) is 11.1 Å². The highest BCUT2D eigenvalue weighted by Crippen LogP contribution is 2.26. The van der Waals surface area contributed by atoms with Gasteiger partial charge in [0.15, 0.2) is 5.13 Å². The van der Waals surface area contributed by atoms with Crippen LogP contribution in [0.25, 0.3) is 16.0 Å². The summed E-state index contributed by atoms with van der Waals surface area (Å²) in [5.41, 5.74) is 7.78. The first kappa shape index (κ1) is 8.49. The normalized spacial score (nSPS) is 10.9. The zero-order valence-corrected chi connectivity index (χ0v) is 8.74. The summed E-state index contributed by atoms with van der Waals surface area (Å²) in [4.78, 5) is 4.28. The fraction of sp³-hybridized carbons (Fsp3) is 0. The molecule has 3 rings (SSSR count). The first-order chi connectivity index (χ1) is 7.36. The van der Waals surface area contributed by atoms with Crippen LogP contribution in [0.3, 0.4) is 0 Å². The van der Waals surface area contributed by atoms with Crippen molar-refractivity contribution in [2.75, 3.05) is 5.73 Å². The van der Waals surface area contributed by atoms with Gasteiger partial charge in [-0.25, -0.2) is 4.98 Å². The fourth-order valence-corrected chi connectivity index (χ4v) is 2.35. The zero-order valence-electron chi connectivity index (χ0n) is 7.92. The maximum atomic E-state index is 5.96. The molecular formula is C11H9N3S. The summed E-state index contributed by atoms with van der Waals surface area (Å²) in [6.07, 6.45) is 3.80. The highest BCUT2D eigenvalue weighted by molar-refractivity contribution is 7.12. The summed E-state index contributed by atoms with van der Waals surface area (Å²) in [6.45, 7) is 0. The van der Waals surface area contributed by atoms with Gasteiger partial charge < -0.3 is 5.73 Å². The first-order valence-corrected chi connectivity index (χ1v) is 5.49. The van der Waals surface area contributed by atoms with E-state index in [1.54, 1.807) is 17.5 Å². The van der Waals surface area contributed by atoms with E-state index in [1.807, 2.05) is 34.3 Å². The molecule has 3 aromatic rings. The van der Waals surface area contributed by atoms with Gasteiger partial charge >= 0.3 is 0 Å². The van der Waals surface area contributed by atoms with Crippen molar-refractivity contribution in [2.24, 2.45) is 0 Å². The molecule has 0 aliphatic heterocycles. The van der Waals surface area contributed by atoms with Crippen LogP contribution in [0.15, 0.2) is 42.0 Å². The van der Waals surface area contributed by atoms with Crippen LogP contribution in [0, 0.1) is 0 Å². The van der Waals surface area contributed by atoms with E-state index in [4.69, 9.17) is 5.73 Å². The molecule has 0 radical (unpaired) electrons. The van der Waals surface area contributed by atoms with Crippen molar-refractivity contribution in [2.45, 2.75) is 0 Å². The molecule has 0 aliphatic rings. The number of nitrogen functional groups attached to an aromatic ring is 1. The number of fused-ring (bicyclic) bond motifs is 1. The number of nitrogens with two attached hydrogens (primary N) is 1. The van der Waals surface area contributed by atoms with Gasteiger partial charge in [-0.15, -0.1) is 11.3 Å². The van der Waals surface area contributed by atoms with Gasteiger partial charge in [0.05, 0.1) is 11.2 Å². The number of anilines is 1. The van der Waals surface area contributed by atoms with Gasteiger partial charge in [0.25, 0.3) is 0 Å². The number of nitrogens with zero attached hydrogens (tertiary/aromatic N) is 2. The van der Waals surface area contributed by atoms with E-state index < -0.39 is 0 Å². The SMILES string of the molecule is Nc1cccc2ccn(-c3nccs3)c12. The van der Waals surface area contributed by atoms with E-state index in [0.29, 0.717) is 0 Å². The number of para-hydroxylation sites is 1. The third-order valence-electron chi connectivity index (χ3n) is 2.37. The molecular weight excluding hydrogens is 206 g/mol. The summed E-state index contributed by atoms with van der Waals surface area (Å²) in [7, 11) is 0. The Morgan fingerprint density at radius 1 is 1.27 bits per heavy atom. The lowest BCUT2D eigenvalue weighted by atomic mass is 10.2. The van der Waals surface area contributed by atoms with Gasteiger partial charge in [-0.05, 0) is 12.1 Å². The molecule has 0 fully saturated rings. The summed E-state index contributed by atoms with van der Waals surface area (Å²) >= 11 is 1.60. The maximum absolute atomic E-state index is 5.96. The topological polar surface area (TPSA) is 43.8 Å². The second kappa shape index (κ2) is 3.10. The summed E-state index contributed by atoms with van der Waals surface area (Å²) in [6, 6.07) is 7.97. The molecule has 74 valence electrons. The largest absolute Gasteiger partial charge is 0.397 e. The van der Waals surface area contributed by atoms with Crippen LogP contribution in [-0.4, -0.2) is 9.55 Å². The number of aromatic nitrogens is 2. The molecule has 4 heteroatoms. The first-order valence-electron chi connectivity index (χ1n) is 4.62. The van der Waals surface area contributed by atoms with Crippen molar-refractivity contribution < 1.29 is 0 Å². The van der Waals surface area contributed by atoms with Crippen molar-refractivity contribution in [3.05, 3.63) is 42.0 Å². The van der Waals surface area contributed by atoms with E-state index in [9.17, 15) is 0 Å². The van der Waals surface area contributed by atoms with Crippen LogP contribution in [0.1, 0.15) is 0 Å². The minimum Gasteiger partial charge on any atom is -0.397 e. The highest BCUT2D eigenvalue weighted by Gasteiger charge is 2.06. The van der Waals surface area contributed by atoms with E-state index >= 15 is 0 Å². The minimum atomic E-state index is 0.785. The summed E-state index contributed by atoms with van der Waals surface area (Å²) < 4.78 is 2.02. The molecule has 1 aromatic carbocycles. The molecule has 0 unspecified atom stereocenters. The second-order valence-corrected chi connectivity index (χ2v) is 4.16. The lowest BCUT2D eigenvalue weighted by Gasteiger charge is -2.02. The van der Waals surface area contributed by atoms with Crippen LogP contribution in [0.2, 0.25) is 0 Å². The fourth-order valence-electron chi connectivity index (χ4n) is 1.72. The lowest BCUT2D eigenvalue weighted by molar-refractivity contribution is 1.09. The molecule has 0 amide bonds. The van der Waals surface area contributed by atoms with Crippen LogP contribution in [0.5, 0.6) is 0 Å². The van der Waals surface area contributed by atoms with Crippen molar-refractivity contribution in [3.8, 4) is 5.13 Å². The Bertz CT molecular complexity index is 595. The minimum absolute atomic E-state index is 0.785. The molecule has 0 saturated heterocycles. The van der Waals surface area contributed by atoms with Crippen LogP contribution >= 0.6 is 11.3 Å². The smallest absolute Gasteiger partial charge is 0.194 e. The van der Waals surface area contributed by atoms with Crippen LogP contribution in [0.4, 0.5) is 5.69 Å². The second-order valence-electron chi connectivity index (χ2n) is 3.29. The molecule has 0 saturated carbocycles. The van der Waals surface area contributed by atoms with E-state index in [-0.39, 0.29) is 0 Å². The predicted molar refractivity (Wildman–Crippen MR) is 63.4 cm³/mol. The molecule has 3 nitrogen and oxygen atoms in total. The number of hydrogen-bond acceptors (Lipinski definition) is 3. The van der Waals surface area contributed by atoms with Gasteiger partial charge in [-0.3, -0.25) is 4.57 Å². The molecule has 0 atom stereocenters. The Hall–Kier alpha value is -1.81. The van der Waals surface area contributed by atoms with Crippen molar-refractivity contribution in [3.63, 3.8) is 0 Å². The number of benzene rings is 1. The molecule has 2 aromatic heterocycles. The van der Waals surface area contributed by atoms with Gasteiger partial charge in [0.1, 0.15) is 0 Å². The van der Waals surface area contributed by atoms with Crippen molar-refractivity contribution in [1.29, 1.82) is 0 Å². The average molecular weight is 215 g/mol. The third kappa shape index (κ3) is 1.22. The number of thiazole rings is 1. The Kier molecular flexibility index (Phi) is 1.76. The third-order valence-corrected chi connectivity index (χ3v) is 3.14.